The molecular weight excluding hydrogens is 124 g/mol. The van der Waals surface area contributed by atoms with Crippen molar-refractivity contribution < 1.29 is 4.99 Å². The largest absolute Gasteiger partial charge is 0.261 e. The Balaban J connectivity index is 2.21. The van der Waals surface area contributed by atoms with Gasteiger partial charge in [0, 0.05) is 12.6 Å². The predicted molar refractivity (Wildman–Crippen MR) is 40.7 cm³/mol. The van der Waals surface area contributed by atoms with Gasteiger partial charge in [0.1, 0.15) is 0 Å². The molecule has 0 aromatic carbocycles. The molecule has 1 heterocycles. The van der Waals surface area contributed by atoms with Crippen molar-refractivity contribution in [1.82, 2.24) is 5.32 Å². The lowest BCUT2D eigenvalue weighted by Crippen LogP contribution is -2.81. The Kier molecular flexibility index (Phi) is 1.55. The number of nitrogens with one attached hydrogen (secondary N) is 2. The minimum Gasteiger partial charge on any atom is -0.261 e. The molecule has 0 spiro atoms. The van der Waals surface area contributed by atoms with E-state index >= 15 is 0 Å². The normalized spacial score (nSPS) is 31.2. The second kappa shape index (κ2) is 2.54. The number of rotatable bonds is 0. The lowest BCUT2D eigenvalue weighted by atomic mass is 9.91. The van der Waals surface area contributed by atoms with E-state index in [-0.39, 0.29) is 0 Å². The van der Waals surface area contributed by atoms with Crippen LogP contribution in [0.15, 0.2) is 12.2 Å². The maximum atomic E-state index is 3.34. The number of hydrogen-bond donors (Lipinski definition) is 2. The van der Waals surface area contributed by atoms with Gasteiger partial charge < -0.3 is 0 Å². The van der Waals surface area contributed by atoms with Crippen LogP contribution in [0.1, 0.15) is 12.8 Å². The topological polar surface area (TPSA) is 26.0 Å². The summed E-state index contributed by atoms with van der Waals surface area (Å²) in [5.74, 6) is 0.763. The summed E-state index contributed by atoms with van der Waals surface area (Å²) in [5.41, 5.74) is 1.44. The van der Waals surface area contributed by atoms with Crippen LogP contribution in [-0.4, -0.2) is 18.9 Å². The second-order valence-electron chi connectivity index (χ2n) is 2.94. The number of hydrogen-bond acceptors (Lipinski definition) is 1. The third kappa shape index (κ3) is 0.991. The van der Waals surface area contributed by atoms with Gasteiger partial charge in [-0.15, -0.1) is 0 Å². The summed E-state index contributed by atoms with van der Waals surface area (Å²) in [6, 6.07) is 0. The van der Waals surface area contributed by atoms with Gasteiger partial charge in [0.2, 0.25) is 0 Å². The van der Waals surface area contributed by atoms with Crippen LogP contribution < -0.4 is 10.3 Å². The van der Waals surface area contributed by atoms with Crippen LogP contribution in [0.25, 0.3) is 0 Å². The molecule has 2 rings (SSSR count). The van der Waals surface area contributed by atoms with E-state index in [4.69, 9.17) is 0 Å². The van der Waals surface area contributed by atoms with Gasteiger partial charge in [-0.05, 0) is 12.8 Å². The van der Waals surface area contributed by atoms with E-state index in [1.807, 2.05) is 0 Å². The molecule has 0 saturated carbocycles. The summed E-state index contributed by atoms with van der Waals surface area (Å²) in [6.45, 7) is 2.10. The van der Waals surface area contributed by atoms with E-state index in [1.54, 1.807) is 0 Å². The van der Waals surface area contributed by atoms with Crippen molar-refractivity contribution in [3.8, 4) is 0 Å². The minimum atomic E-state index is 0.763. The molecule has 0 radical (unpaired) electrons. The quantitative estimate of drug-likeness (QED) is 0.441. The first kappa shape index (κ1) is 6.10. The Hall–Kier alpha value is -0.630. The first-order valence-corrected chi connectivity index (χ1v) is 3.95. The highest BCUT2D eigenvalue weighted by atomic mass is 15.0. The molecular formula is C8H13N2+. The van der Waals surface area contributed by atoms with Gasteiger partial charge in [0.25, 0.3) is 0 Å². The van der Waals surface area contributed by atoms with Crippen LogP contribution in [0.4, 0.5) is 0 Å². The van der Waals surface area contributed by atoms with Crippen LogP contribution in [0.5, 0.6) is 0 Å². The zero-order valence-electron chi connectivity index (χ0n) is 6.06. The van der Waals surface area contributed by atoms with E-state index < -0.39 is 0 Å². The highest BCUT2D eigenvalue weighted by molar-refractivity contribution is 5.93. The van der Waals surface area contributed by atoms with Gasteiger partial charge >= 0.3 is 0 Å². The first-order valence-electron chi connectivity index (χ1n) is 3.95. The molecule has 10 heavy (non-hydrogen) atoms. The van der Waals surface area contributed by atoms with Gasteiger partial charge in [-0.25, -0.2) is 4.99 Å². The van der Waals surface area contributed by atoms with Crippen molar-refractivity contribution in [3.63, 3.8) is 0 Å². The molecule has 1 atom stereocenters. The van der Waals surface area contributed by atoms with Crippen molar-refractivity contribution in [2.75, 3.05) is 13.2 Å². The Bertz CT molecular complexity index is 182. The van der Waals surface area contributed by atoms with E-state index in [0.717, 1.165) is 19.1 Å². The van der Waals surface area contributed by atoms with Crippen molar-refractivity contribution >= 4 is 5.71 Å². The highest BCUT2D eigenvalue weighted by Crippen LogP contribution is 2.13. The summed E-state index contributed by atoms with van der Waals surface area (Å²) in [4.78, 5) is 3.34. The molecule has 2 heteroatoms. The molecule has 0 fully saturated rings. The van der Waals surface area contributed by atoms with Gasteiger partial charge in [-0.2, -0.15) is 0 Å². The van der Waals surface area contributed by atoms with Crippen LogP contribution in [0.3, 0.4) is 0 Å². The third-order valence-corrected chi connectivity index (χ3v) is 2.23. The van der Waals surface area contributed by atoms with Crippen molar-refractivity contribution in [2.24, 2.45) is 5.92 Å². The summed E-state index contributed by atoms with van der Waals surface area (Å²) in [7, 11) is 0. The number of fused-ring (bicyclic) bond motifs is 1. The van der Waals surface area contributed by atoms with Crippen LogP contribution in [-0.2, 0) is 0 Å². The van der Waals surface area contributed by atoms with Crippen molar-refractivity contribution in [1.29, 1.82) is 0 Å². The maximum Gasteiger partial charge on any atom is 0.195 e. The monoisotopic (exact) mass is 137 g/mol. The smallest absolute Gasteiger partial charge is 0.195 e. The first-order chi connectivity index (χ1) is 4.97. The van der Waals surface area contributed by atoms with E-state index in [9.17, 15) is 0 Å². The summed E-state index contributed by atoms with van der Waals surface area (Å²) in [6.07, 6.45) is 7.04. The highest BCUT2D eigenvalue weighted by Gasteiger charge is 2.23. The summed E-state index contributed by atoms with van der Waals surface area (Å²) in [5, 5.41) is 3.32. The number of allylic oxidation sites excluding steroid dienone is 2. The Labute approximate surface area is 61.0 Å². The average molecular weight is 137 g/mol. The fourth-order valence-corrected chi connectivity index (χ4v) is 1.63. The fourth-order valence-electron chi connectivity index (χ4n) is 1.63. The molecule has 1 unspecified atom stereocenters. The van der Waals surface area contributed by atoms with Gasteiger partial charge in [0.05, 0.1) is 5.92 Å². The molecule has 2 aliphatic rings. The lowest BCUT2D eigenvalue weighted by Gasteiger charge is -2.19. The Morgan fingerprint density at radius 2 is 2.60 bits per heavy atom. The molecule has 1 aliphatic carbocycles. The molecule has 0 saturated heterocycles. The predicted octanol–water partition coefficient (Wildman–Crippen LogP) is -0.965. The Morgan fingerprint density at radius 3 is 3.50 bits per heavy atom. The van der Waals surface area contributed by atoms with Crippen molar-refractivity contribution in [2.45, 2.75) is 12.8 Å². The second-order valence-corrected chi connectivity index (χ2v) is 2.94. The van der Waals surface area contributed by atoms with E-state index in [0.29, 0.717) is 0 Å². The molecule has 2 nitrogen and oxygen atoms in total. The van der Waals surface area contributed by atoms with Crippen molar-refractivity contribution in [3.05, 3.63) is 12.2 Å². The SMILES string of the molecule is C1=CC2=[NH+]CNCC2CC1. The summed E-state index contributed by atoms with van der Waals surface area (Å²) < 4.78 is 0. The van der Waals surface area contributed by atoms with Crippen LogP contribution in [0, 0.1) is 5.92 Å². The standard InChI is InChI=1S/C8H12N2/c1-2-4-8-7(3-1)5-9-6-10-8/h2,4,7,9H,1,3,5-6H2/p+1. The maximum absolute atomic E-state index is 3.34. The molecule has 1 aliphatic heterocycles. The fraction of sp³-hybridized carbons (Fsp3) is 0.625. The molecule has 0 aromatic heterocycles. The van der Waals surface area contributed by atoms with Crippen LogP contribution >= 0.6 is 0 Å². The molecule has 0 amide bonds. The van der Waals surface area contributed by atoms with Gasteiger partial charge in [-0.1, -0.05) is 6.08 Å². The van der Waals surface area contributed by atoms with Gasteiger partial charge in [0.15, 0.2) is 12.4 Å². The molecule has 2 N–H and O–H groups in total. The third-order valence-electron chi connectivity index (χ3n) is 2.23. The van der Waals surface area contributed by atoms with E-state index in [2.05, 4.69) is 22.5 Å². The molecule has 0 aromatic rings. The molecule has 0 bridgehead atoms. The zero-order valence-corrected chi connectivity index (χ0v) is 6.06. The lowest BCUT2D eigenvalue weighted by molar-refractivity contribution is -0.470. The summed E-state index contributed by atoms with van der Waals surface area (Å²) >= 11 is 0. The zero-order chi connectivity index (χ0) is 6.81. The Morgan fingerprint density at radius 1 is 1.60 bits per heavy atom. The minimum absolute atomic E-state index is 0.763. The molecule has 54 valence electrons. The van der Waals surface area contributed by atoms with Gasteiger partial charge in [-0.3, -0.25) is 5.32 Å². The average Bonchev–Trinajstić information content (AvgIpc) is 2.05. The van der Waals surface area contributed by atoms with Crippen LogP contribution in [0.2, 0.25) is 0 Å². The van der Waals surface area contributed by atoms with E-state index in [1.165, 1.54) is 18.6 Å².